The van der Waals surface area contributed by atoms with Crippen LogP contribution >= 0.6 is 0 Å². The molecular formula is C23H28FN5O3. The monoisotopic (exact) mass is 441 g/mol. The normalized spacial score (nSPS) is 18.8. The zero-order valence-corrected chi connectivity index (χ0v) is 18.7. The van der Waals surface area contributed by atoms with E-state index in [0.717, 1.165) is 24.4 Å². The minimum absolute atomic E-state index is 0.0909. The number of carbonyl (C=O) groups is 1. The third kappa shape index (κ3) is 4.29. The maximum atomic E-state index is 15.9. The minimum atomic E-state index is -1.88. The molecule has 3 aromatic rings. The van der Waals surface area contributed by atoms with Gasteiger partial charge in [-0.15, -0.1) is 0 Å². The van der Waals surface area contributed by atoms with Crippen LogP contribution in [-0.4, -0.2) is 57.3 Å². The summed E-state index contributed by atoms with van der Waals surface area (Å²) in [4.78, 5) is 23.1. The fraction of sp³-hybridized carbons (Fsp3) is 0.478. The minimum Gasteiger partial charge on any atom is -0.385 e. The highest BCUT2D eigenvalue weighted by Gasteiger charge is 2.44. The molecule has 3 aromatic heterocycles. The molecule has 1 aliphatic heterocycles. The summed E-state index contributed by atoms with van der Waals surface area (Å²) in [5.74, 6) is 0.0426. The number of nitrogens with zero attached hydrogens (tertiary/aromatic N) is 5. The van der Waals surface area contributed by atoms with E-state index in [1.54, 1.807) is 36.5 Å². The van der Waals surface area contributed by atoms with Crippen LogP contribution in [0, 0.1) is 13.8 Å². The lowest BCUT2D eigenvalue weighted by Crippen LogP contribution is -2.46. The average molecular weight is 442 g/mol. The zero-order valence-electron chi connectivity index (χ0n) is 18.7. The number of piperidine rings is 1. The molecule has 9 heteroatoms. The van der Waals surface area contributed by atoms with Crippen molar-refractivity contribution in [2.45, 2.75) is 45.3 Å². The van der Waals surface area contributed by atoms with Crippen molar-refractivity contribution in [3.8, 4) is 11.4 Å². The second-order valence-electron chi connectivity index (χ2n) is 8.24. The van der Waals surface area contributed by atoms with Crippen molar-refractivity contribution in [1.29, 1.82) is 0 Å². The average Bonchev–Trinajstić information content (AvgIpc) is 3.41. The predicted octanol–water partition coefficient (Wildman–Crippen LogP) is 3.69. The number of aryl methyl sites for hydroxylation is 1. The van der Waals surface area contributed by atoms with Crippen LogP contribution in [0.15, 0.2) is 35.1 Å². The van der Waals surface area contributed by atoms with Gasteiger partial charge in [-0.1, -0.05) is 5.16 Å². The highest BCUT2D eigenvalue weighted by molar-refractivity contribution is 5.95. The summed E-state index contributed by atoms with van der Waals surface area (Å²) in [6, 6.07) is 5.35. The summed E-state index contributed by atoms with van der Waals surface area (Å²) in [7, 11) is 1.67. The smallest absolute Gasteiger partial charge is 0.266 e. The van der Waals surface area contributed by atoms with Crippen molar-refractivity contribution in [3.05, 3.63) is 53.4 Å². The summed E-state index contributed by atoms with van der Waals surface area (Å²) < 4.78 is 28.5. The molecule has 0 bridgehead atoms. The van der Waals surface area contributed by atoms with Gasteiger partial charge in [0.15, 0.2) is 0 Å². The van der Waals surface area contributed by atoms with E-state index in [0.29, 0.717) is 36.5 Å². The standard InChI is InChI=1S/C23H28FN5O3/c1-16-14-19(17(2)29(16)12-5-13-31-3)21(30)28-11-4-8-23(24,15-28)22-26-20(27-32-22)18-6-9-25-10-7-18/h6-7,9-10,14H,4-5,8,11-13,15H2,1-3H3. The number of hydrogen-bond acceptors (Lipinski definition) is 6. The first-order chi connectivity index (χ1) is 15.4. The van der Waals surface area contributed by atoms with Crippen LogP contribution < -0.4 is 0 Å². The Morgan fingerprint density at radius 2 is 2.09 bits per heavy atom. The predicted molar refractivity (Wildman–Crippen MR) is 116 cm³/mol. The number of rotatable bonds is 7. The summed E-state index contributed by atoms with van der Waals surface area (Å²) in [5, 5.41) is 3.93. The molecule has 0 saturated carbocycles. The number of amides is 1. The molecule has 1 saturated heterocycles. The van der Waals surface area contributed by atoms with Gasteiger partial charge in [0.2, 0.25) is 11.5 Å². The van der Waals surface area contributed by atoms with Crippen molar-refractivity contribution < 1.29 is 18.4 Å². The van der Waals surface area contributed by atoms with Crippen LogP contribution in [0.1, 0.15) is 46.9 Å². The first-order valence-electron chi connectivity index (χ1n) is 10.8. The number of hydrogen-bond donors (Lipinski definition) is 0. The van der Waals surface area contributed by atoms with Gasteiger partial charge in [-0.05, 0) is 51.3 Å². The van der Waals surface area contributed by atoms with Gasteiger partial charge in [-0.3, -0.25) is 9.78 Å². The molecule has 0 aromatic carbocycles. The number of ether oxygens (including phenoxy) is 1. The Balaban J connectivity index is 1.52. The Morgan fingerprint density at radius 3 is 2.84 bits per heavy atom. The van der Waals surface area contributed by atoms with Crippen LogP contribution in [0.5, 0.6) is 0 Å². The molecule has 1 aliphatic rings. The van der Waals surface area contributed by atoms with Gasteiger partial charge < -0.3 is 18.7 Å². The van der Waals surface area contributed by atoms with Crippen LogP contribution in [0.25, 0.3) is 11.4 Å². The van der Waals surface area contributed by atoms with E-state index >= 15 is 4.39 Å². The number of likely N-dealkylation sites (tertiary alicyclic amines) is 1. The van der Waals surface area contributed by atoms with E-state index in [9.17, 15) is 4.79 Å². The number of pyridine rings is 1. The molecule has 170 valence electrons. The SMILES string of the molecule is COCCCn1c(C)cc(C(=O)N2CCCC(F)(c3nc(-c4ccncc4)no3)C2)c1C. The van der Waals surface area contributed by atoms with Crippen molar-refractivity contribution in [1.82, 2.24) is 24.6 Å². The fourth-order valence-electron chi connectivity index (χ4n) is 4.28. The Hall–Kier alpha value is -3.07. The number of halogens is 1. The van der Waals surface area contributed by atoms with Crippen LogP contribution in [0.3, 0.4) is 0 Å². The molecule has 32 heavy (non-hydrogen) atoms. The van der Waals surface area contributed by atoms with Gasteiger partial charge >= 0.3 is 0 Å². The summed E-state index contributed by atoms with van der Waals surface area (Å²) in [6.45, 7) is 5.71. The molecule has 4 heterocycles. The van der Waals surface area contributed by atoms with Crippen LogP contribution in [0.2, 0.25) is 0 Å². The Morgan fingerprint density at radius 1 is 1.31 bits per heavy atom. The van der Waals surface area contributed by atoms with Gasteiger partial charge in [0.25, 0.3) is 11.8 Å². The van der Waals surface area contributed by atoms with E-state index in [2.05, 4.69) is 19.7 Å². The topological polar surface area (TPSA) is 86.3 Å². The number of carbonyl (C=O) groups excluding carboxylic acids is 1. The maximum Gasteiger partial charge on any atom is 0.266 e. The molecule has 4 rings (SSSR count). The number of alkyl halides is 1. The van der Waals surface area contributed by atoms with Gasteiger partial charge in [-0.2, -0.15) is 4.98 Å². The van der Waals surface area contributed by atoms with Gasteiger partial charge in [0.1, 0.15) is 0 Å². The quantitative estimate of drug-likeness (QED) is 0.520. The van der Waals surface area contributed by atoms with Gasteiger partial charge in [-0.25, -0.2) is 4.39 Å². The van der Waals surface area contributed by atoms with Crippen molar-refractivity contribution >= 4 is 5.91 Å². The number of aromatic nitrogens is 4. The van der Waals surface area contributed by atoms with E-state index in [4.69, 9.17) is 9.26 Å². The van der Waals surface area contributed by atoms with Crippen molar-refractivity contribution in [2.75, 3.05) is 26.8 Å². The first kappa shape index (κ1) is 22.1. The molecule has 8 nitrogen and oxygen atoms in total. The third-order valence-electron chi connectivity index (χ3n) is 6.01. The molecule has 1 amide bonds. The molecule has 1 unspecified atom stereocenters. The van der Waals surface area contributed by atoms with Crippen molar-refractivity contribution in [3.63, 3.8) is 0 Å². The van der Waals surface area contributed by atoms with Crippen LogP contribution in [-0.2, 0) is 17.0 Å². The molecule has 1 fully saturated rings. The van der Waals surface area contributed by atoms with Gasteiger partial charge in [0.05, 0.1) is 12.1 Å². The summed E-state index contributed by atoms with van der Waals surface area (Å²) in [6.07, 6.45) is 4.83. The fourth-order valence-corrected chi connectivity index (χ4v) is 4.28. The highest BCUT2D eigenvalue weighted by atomic mass is 19.1. The Labute approximate surface area is 186 Å². The maximum absolute atomic E-state index is 15.9. The molecule has 0 aliphatic carbocycles. The second-order valence-corrected chi connectivity index (χ2v) is 8.24. The summed E-state index contributed by atoms with van der Waals surface area (Å²) >= 11 is 0. The lowest BCUT2D eigenvalue weighted by atomic mass is 9.94. The number of methoxy groups -OCH3 is 1. The summed E-state index contributed by atoms with van der Waals surface area (Å²) in [5.41, 5.74) is 1.31. The van der Waals surface area contributed by atoms with Crippen LogP contribution in [0.4, 0.5) is 4.39 Å². The Kier molecular flexibility index (Phi) is 6.36. The largest absolute Gasteiger partial charge is 0.385 e. The highest BCUT2D eigenvalue weighted by Crippen LogP contribution is 2.36. The molecular weight excluding hydrogens is 413 g/mol. The molecule has 1 atom stereocenters. The lowest BCUT2D eigenvalue weighted by molar-refractivity contribution is 0.0152. The first-order valence-corrected chi connectivity index (χ1v) is 10.8. The molecule has 0 spiro atoms. The van der Waals surface area contributed by atoms with E-state index in [1.165, 1.54) is 0 Å². The second kappa shape index (κ2) is 9.20. The zero-order chi connectivity index (χ0) is 22.7. The van der Waals surface area contributed by atoms with Gasteiger partial charge in [0, 0.05) is 56.2 Å². The Bertz CT molecular complexity index is 1080. The van der Waals surface area contributed by atoms with E-state index < -0.39 is 5.67 Å². The van der Waals surface area contributed by atoms with E-state index in [1.807, 2.05) is 19.9 Å². The molecule has 0 N–H and O–H groups in total. The lowest BCUT2D eigenvalue weighted by Gasteiger charge is -2.35. The third-order valence-corrected chi connectivity index (χ3v) is 6.01. The molecule has 0 radical (unpaired) electrons. The van der Waals surface area contributed by atoms with Crippen molar-refractivity contribution in [2.24, 2.45) is 0 Å². The van der Waals surface area contributed by atoms with E-state index in [-0.39, 0.29) is 24.8 Å².